The molecule has 90 valence electrons. The number of hydrogen-bond donors (Lipinski definition) is 3. The second kappa shape index (κ2) is 8.78. The van der Waals surface area contributed by atoms with Gasteiger partial charge in [0.05, 0.1) is 26.4 Å². The second-order valence-electron chi connectivity index (χ2n) is 2.69. The maximum Gasteiger partial charge on any atom is 0.220 e. The van der Waals surface area contributed by atoms with Gasteiger partial charge >= 0.3 is 0 Å². The molecule has 0 atom stereocenters. The summed E-state index contributed by atoms with van der Waals surface area (Å²) in [5.74, 6) is -1.36. The first-order valence-electron chi connectivity index (χ1n) is 4.58. The Balaban J connectivity index is 0.000000293. The Morgan fingerprint density at radius 3 is 2.00 bits per heavy atom. The fraction of sp³-hybridized carbons (Fsp3) is 0.400. The molecule has 0 spiro atoms. The summed E-state index contributed by atoms with van der Waals surface area (Å²) in [5, 5.41) is 24.8. The van der Waals surface area contributed by atoms with Gasteiger partial charge in [-0.1, -0.05) is 0 Å². The summed E-state index contributed by atoms with van der Waals surface area (Å²) in [6, 6.07) is 0. The summed E-state index contributed by atoms with van der Waals surface area (Å²) in [6.45, 7) is 0.696. The van der Waals surface area contributed by atoms with Gasteiger partial charge in [-0.3, -0.25) is 9.59 Å². The maximum absolute atomic E-state index is 10.4. The van der Waals surface area contributed by atoms with Gasteiger partial charge in [-0.05, 0) is 12.2 Å². The summed E-state index contributed by atoms with van der Waals surface area (Å²) in [4.78, 5) is 20.7. The smallest absolute Gasteiger partial charge is 0.220 e. The minimum atomic E-state index is -0.519. The van der Waals surface area contributed by atoms with Crippen LogP contribution in [-0.4, -0.2) is 53.3 Å². The molecule has 0 amide bonds. The molecule has 16 heavy (non-hydrogen) atoms. The minimum Gasteiger partial charge on any atom is -0.504 e. The number of rotatable bonds is 4. The van der Waals surface area contributed by atoms with E-state index in [4.69, 9.17) is 15.3 Å². The number of carbonyl (C=O) groups excluding carboxylic acids is 2. The molecular weight excluding hydrogens is 216 g/mol. The van der Waals surface area contributed by atoms with E-state index >= 15 is 0 Å². The molecule has 0 heterocycles. The average Bonchev–Trinajstić information content (AvgIpc) is 2.26. The average molecular weight is 230 g/mol. The van der Waals surface area contributed by atoms with E-state index in [0.29, 0.717) is 13.2 Å². The van der Waals surface area contributed by atoms with E-state index in [0.717, 1.165) is 18.2 Å². The van der Waals surface area contributed by atoms with Crippen molar-refractivity contribution >= 4 is 11.6 Å². The summed E-state index contributed by atoms with van der Waals surface area (Å²) >= 11 is 0. The lowest BCUT2D eigenvalue weighted by molar-refractivity contribution is -0.116. The molecule has 0 unspecified atom stereocenters. The predicted octanol–water partition coefficient (Wildman–Crippen LogP) is -0.876. The number of ketones is 2. The van der Waals surface area contributed by atoms with Crippen molar-refractivity contribution in [3.63, 3.8) is 0 Å². The van der Waals surface area contributed by atoms with Gasteiger partial charge in [0.2, 0.25) is 5.78 Å². The van der Waals surface area contributed by atoms with E-state index in [2.05, 4.69) is 4.74 Å². The molecule has 3 N–H and O–H groups in total. The highest BCUT2D eigenvalue weighted by molar-refractivity contribution is 6.15. The predicted molar refractivity (Wildman–Crippen MR) is 54.9 cm³/mol. The van der Waals surface area contributed by atoms with E-state index in [-0.39, 0.29) is 19.0 Å². The zero-order chi connectivity index (χ0) is 12.4. The van der Waals surface area contributed by atoms with Crippen molar-refractivity contribution in [3.05, 3.63) is 24.0 Å². The van der Waals surface area contributed by atoms with Crippen LogP contribution in [0.2, 0.25) is 0 Å². The third-order valence-corrected chi connectivity index (χ3v) is 1.40. The van der Waals surface area contributed by atoms with Gasteiger partial charge in [-0.15, -0.1) is 0 Å². The molecule has 0 saturated heterocycles. The molecule has 0 bridgehead atoms. The Kier molecular flexibility index (Phi) is 7.96. The number of aliphatic hydroxyl groups excluding tert-OH is 3. The molecule has 1 rings (SSSR count). The van der Waals surface area contributed by atoms with E-state index in [1.807, 2.05) is 0 Å². The van der Waals surface area contributed by atoms with Crippen molar-refractivity contribution in [1.29, 1.82) is 0 Å². The Bertz CT molecular complexity index is 288. The highest BCUT2D eigenvalue weighted by Gasteiger charge is 2.09. The number of carbonyl (C=O) groups is 2. The Labute approximate surface area is 92.5 Å². The summed E-state index contributed by atoms with van der Waals surface area (Å²) < 4.78 is 4.63. The number of ether oxygens (including phenoxy) is 1. The zero-order valence-corrected chi connectivity index (χ0v) is 8.63. The van der Waals surface area contributed by atoms with Crippen LogP contribution in [0.25, 0.3) is 0 Å². The molecule has 0 fully saturated rings. The van der Waals surface area contributed by atoms with Gasteiger partial charge in [-0.2, -0.15) is 0 Å². The van der Waals surface area contributed by atoms with Crippen molar-refractivity contribution < 1.29 is 29.6 Å². The van der Waals surface area contributed by atoms with Crippen LogP contribution >= 0.6 is 0 Å². The number of hydrogen-bond acceptors (Lipinski definition) is 6. The Morgan fingerprint density at radius 2 is 1.62 bits per heavy atom. The topological polar surface area (TPSA) is 104 Å². The van der Waals surface area contributed by atoms with E-state index < -0.39 is 11.5 Å². The van der Waals surface area contributed by atoms with E-state index in [9.17, 15) is 9.59 Å². The van der Waals surface area contributed by atoms with Gasteiger partial charge in [-0.25, -0.2) is 0 Å². The Hall–Kier alpha value is -1.50. The van der Waals surface area contributed by atoms with E-state index in [1.165, 1.54) is 0 Å². The Morgan fingerprint density at radius 1 is 1.06 bits per heavy atom. The lowest BCUT2D eigenvalue weighted by Crippen LogP contribution is -2.05. The molecule has 1 aliphatic rings. The van der Waals surface area contributed by atoms with Crippen molar-refractivity contribution in [2.75, 3.05) is 26.4 Å². The van der Waals surface area contributed by atoms with Crippen LogP contribution in [0.5, 0.6) is 0 Å². The van der Waals surface area contributed by atoms with Crippen molar-refractivity contribution in [2.45, 2.75) is 0 Å². The first-order valence-corrected chi connectivity index (χ1v) is 4.58. The van der Waals surface area contributed by atoms with Crippen LogP contribution < -0.4 is 0 Å². The fourth-order valence-electron chi connectivity index (χ4n) is 0.728. The molecule has 0 aromatic carbocycles. The molecule has 0 aromatic rings. The normalized spacial score (nSPS) is 14.2. The molecule has 6 nitrogen and oxygen atoms in total. The third kappa shape index (κ3) is 6.88. The molecule has 0 aromatic heterocycles. The van der Waals surface area contributed by atoms with Crippen molar-refractivity contribution in [2.24, 2.45) is 0 Å². The summed E-state index contributed by atoms with van der Waals surface area (Å²) in [6.07, 6.45) is 3.04. The quantitative estimate of drug-likeness (QED) is 0.428. The van der Waals surface area contributed by atoms with E-state index in [1.54, 1.807) is 0 Å². The van der Waals surface area contributed by atoms with Crippen molar-refractivity contribution in [1.82, 2.24) is 0 Å². The number of aliphatic hydroxyl groups is 3. The van der Waals surface area contributed by atoms with Crippen LogP contribution in [0.4, 0.5) is 0 Å². The van der Waals surface area contributed by atoms with Crippen LogP contribution in [0.3, 0.4) is 0 Å². The standard InChI is InChI=1S/C6H4O3.C4H10O3/c7-4-1-2-5(8)6(9)3-4;5-1-3-7-4-2-6/h1-3,9H;5-6H,1-4H2. The lowest BCUT2D eigenvalue weighted by Gasteiger charge is -1.95. The first kappa shape index (κ1) is 14.5. The monoisotopic (exact) mass is 230 g/mol. The SMILES string of the molecule is O=C1C=CC(=O)C(O)=C1.OCCOCCO. The highest BCUT2D eigenvalue weighted by atomic mass is 16.5. The fourth-order valence-corrected chi connectivity index (χ4v) is 0.728. The molecule has 1 aliphatic carbocycles. The number of allylic oxidation sites excluding steroid dienone is 3. The first-order chi connectivity index (χ1) is 7.61. The van der Waals surface area contributed by atoms with Crippen molar-refractivity contribution in [3.8, 4) is 0 Å². The van der Waals surface area contributed by atoms with Gasteiger partial charge in [0.15, 0.2) is 11.5 Å². The third-order valence-electron chi connectivity index (χ3n) is 1.40. The second-order valence-corrected chi connectivity index (χ2v) is 2.69. The molecular formula is C10H14O6. The maximum atomic E-state index is 10.4. The zero-order valence-electron chi connectivity index (χ0n) is 8.63. The highest BCUT2D eigenvalue weighted by Crippen LogP contribution is 1.99. The summed E-state index contributed by atoms with van der Waals surface area (Å²) in [5.41, 5.74) is 0. The molecule has 6 heteroatoms. The van der Waals surface area contributed by atoms with Gasteiger partial charge < -0.3 is 20.1 Å². The lowest BCUT2D eigenvalue weighted by atomic mass is 10.1. The van der Waals surface area contributed by atoms with Gasteiger partial charge in [0, 0.05) is 6.08 Å². The van der Waals surface area contributed by atoms with Gasteiger partial charge in [0.1, 0.15) is 0 Å². The van der Waals surface area contributed by atoms with Crippen LogP contribution in [0, 0.1) is 0 Å². The summed E-state index contributed by atoms with van der Waals surface area (Å²) in [7, 11) is 0. The van der Waals surface area contributed by atoms with Crippen LogP contribution in [0.15, 0.2) is 24.0 Å². The minimum absolute atomic E-state index is 0.0278. The largest absolute Gasteiger partial charge is 0.504 e. The molecule has 0 saturated carbocycles. The molecule has 0 radical (unpaired) electrons. The van der Waals surface area contributed by atoms with Crippen LogP contribution in [-0.2, 0) is 14.3 Å². The van der Waals surface area contributed by atoms with Gasteiger partial charge in [0.25, 0.3) is 0 Å². The van der Waals surface area contributed by atoms with Crippen LogP contribution in [0.1, 0.15) is 0 Å². The molecule has 0 aliphatic heterocycles.